The molecule has 5 rings (SSSR count). The van der Waals surface area contributed by atoms with Crippen LogP contribution in [0.4, 0.5) is 10.5 Å². The quantitative estimate of drug-likeness (QED) is 0.328. The molecule has 3 aromatic carbocycles. The Bertz CT molecular complexity index is 1540. The first-order chi connectivity index (χ1) is 19.9. The third-order valence-corrected chi connectivity index (χ3v) is 7.35. The number of nitrogens with one attached hydrogen (secondary N) is 1. The summed E-state index contributed by atoms with van der Waals surface area (Å²) in [6, 6.07) is 24.7. The molecule has 1 aromatic heterocycles. The topological polar surface area (TPSA) is 85.3 Å². The van der Waals surface area contributed by atoms with Gasteiger partial charge in [-0.05, 0) is 42.8 Å². The van der Waals surface area contributed by atoms with Crippen LogP contribution in [0.2, 0.25) is 0 Å². The molecule has 0 unspecified atom stereocenters. The lowest BCUT2D eigenvalue weighted by molar-refractivity contribution is 0.0671. The average Bonchev–Trinajstić information content (AvgIpc) is 3.37. The number of hydrogen-bond donors (Lipinski definition) is 1. The summed E-state index contributed by atoms with van der Waals surface area (Å²) in [4.78, 5) is 30.3. The summed E-state index contributed by atoms with van der Waals surface area (Å²) in [5.74, 6) is 1.84. The zero-order valence-electron chi connectivity index (χ0n) is 23.7. The average molecular weight is 555 g/mol. The van der Waals surface area contributed by atoms with E-state index in [1.54, 1.807) is 32.3 Å². The number of carbonyl (C=O) groups is 2. The molecule has 1 saturated heterocycles. The number of methoxy groups -OCH3 is 3. The third kappa shape index (κ3) is 5.70. The molecule has 0 spiro atoms. The van der Waals surface area contributed by atoms with E-state index in [1.807, 2.05) is 84.6 Å². The first-order valence-corrected chi connectivity index (χ1v) is 13.4. The van der Waals surface area contributed by atoms with Gasteiger partial charge in [0.2, 0.25) is 0 Å². The number of benzene rings is 3. The lowest BCUT2D eigenvalue weighted by Gasteiger charge is -2.34. The second kappa shape index (κ2) is 12.1. The van der Waals surface area contributed by atoms with Crippen molar-refractivity contribution in [3.8, 4) is 34.2 Å². The molecule has 0 aliphatic carbocycles. The Labute approximate surface area is 239 Å². The minimum atomic E-state index is -0.201. The van der Waals surface area contributed by atoms with Gasteiger partial charge in [0.25, 0.3) is 5.91 Å². The lowest BCUT2D eigenvalue weighted by atomic mass is 10.1. The van der Waals surface area contributed by atoms with Crippen LogP contribution in [-0.4, -0.2) is 73.8 Å². The molecule has 3 amide bonds. The second-order valence-corrected chi connectivity index (χ2v) is 9.71. The molecule has 2 heterocycles. The van der Waals surface area contributed by atoms with Gasteiger partial charge in [-0.1, -0.05) is 36.4 Å². The fraction of sp³-hybridized carbons (Fsp3) is 0.250. The van der Waals surface area contributed by atoms with Crippen LogP contribution in [0.5, 0.6) is 17.2 Å². The normalized spacial score (nSPS) is 13.1. The molecular weight excluding hydrogens is 520 g/mol. The number of piperazine rings is 1. The number of anilines is 1. The maximum atomic E-state index is 13.8. The number of aromatic nitrogens is 1. The van der Waals surface area contributed by atoms with E-state index in [2.05, 4.69) is 9.88 Å². The number of amides is 3. The molecule has 1 aliphatic heterocycles. The van der Waals surface area contributed by atoms with Gasteiger partial charge in [-0.2, -0.15) is 0 Å². The molecule has 0 atom stereocenters. The predicted molar refractivity (Wildman–Crippen MR) is 159 cm³/mol. The van der Waals surface area contributed by atoms with Gasteiger partial charge in [-0.3, -0.25) is 4.79 Å². The van der Waals surface area contributed by atoms with Crippen molar-refractivity contribution < 1.29 is 23.8 Å². The number of rotatable bonds is 7. The highest BCUT2D eigenvalue weighted by atomic mass is 16.5. The molecule has 9 heteroatoms. The second-order valence-electron chi connectivity index (χ2n) is 9.71. The maximum Gasteiger partial charge on any atom is 0.321 e. The summed E-state index contributed by atoms with van der Waals surface area (Å²) in [6.07, 6.45) is 0. The SMILES string of the molecule is COc1cccc(NC(=O)N2CCN(C(=O)c3cc(-c4ccccc4)n(-c4ccc(OC)c(OC)c4)c3C)CC2)c1. The van der Waals surface area contributed by atoms with Crippen molar-refractivity contribution in [2.24, 2.45) is 0 Å². The summed E-state index contributed by atoms with van der Waals surface area (Å²) in [7, 11) is 4.80. The number of nitrogens with zero attached hydrogens (tertiary/aromatic N) is 3. The minimum Gasteiger partial charge on any atom is -0.497 e. The van der Waals surface area contributed by atoms with Gasteiger partial charge in [-0.15, -0.1) is 0 Å². The predicted octanol–water partition coefficient (Wildman–Crippen LogP) is 5.47. The van der Waals surface area contributed by atoms with E-state index in [9.17, 15) is 9.59 Å². The Morgan fingerprint density at radius 2 is 1.44 bits per heavy atom. The monoisotopic (exact) mass is 554 g/mol. The van der Waals surface area contributed by atoms with Crippen LogP contribution in [0.15, 0.2) is 78.9 Å². The van der Waals surface area contributed by atoms with Crippen molar-refractivity contribution in [3.05, 3.63) is 90.1 Å². The van der Waals surface area contributed by atoms with Crippen LogP contribution in [0.1, 0.15) is 16.1 Å². The van der Waals surface area contributed by atoms with Gasteiger partial charge in [0.1, 0.15) is 5.75 Å². The van der Waals surface area contributed by atoms with Gasteiger partial charge < -0.3 is 33.9 Å². The van der Waals surface area contributed by atoms with Gasteiger partial charge in [-0.25, -0.2) is 4.79 Å². The first-order valence-electron chi connectivity index (χ1n) is 13.4. The molecular formula is C32H34N4O5. The largest absolute Gasteiger partial charge is 0.497 e. The summed E-state index contributed by atoms with van der Waals surface area (Å²) < 4.78 is 18.3. The molecule has 4 aromatic rings. The van der Waals surface area contributed by atoms with Gasteiger partial charge in [0.05, 0.1) is 32.6 Å². The van der Waals surface area contributed by atoms with E-state index in [0.29, 0.717) is 54.7 Å². The van der Waals surface area contributed by atoms with Gasteiger partial charge in [0.15, 0.2) is 11.5 Å². The Morgan fingerprint density at radius 3 is 2.12 bits per heavy atom. The summed E-state index contributed by atoms with van der Waals surface area (Å²) in [5.41, 5.74) is 4.84. The minimum absolute atomic E-state index is 0.0632. The highest BCUT2D eigenvalue weighted by Gasteiger charge is 2.28. The summed E-state index contributed by atoms with van der Waals surface area (Å²) in [5, 5.41) is 2.92. The molecule has 1 aliphatic rings. The number of carbonyl (C=O) groups excluding carboxylic acids is 2. The van der Waals surface area contributed by atoms with E-state index in [0.717, 1.165) is 22.6 Å². The number of hydrogen-bond acceptors (Lipinski definition) is 5. The molecule has 1 fully saturated rings. The number of ether oxygens (including phenoxy) is 3. The Kier molecular flexibility index (Phi) is 8.14. The molecule has 212 valence electrons. The lowest BCUT2D eigenvalue weighted by Crippen LogP contribution is -2.51. The van der Waals surface area contributed by atoms with Crippen molar-refractivity contribution >= 4 is 17.6 Å². The van der Waals surface area contributed by atoms with Crippen LogP contribution in [0, 0.1) is 6.92 Å². The maximum absolute atomic E-state index is 13.8. The zero-order valence-corrected chi connectivity index (χ0v) is 23.7. The molecule has 1 N–H and O–H groups in total. The molecule has 0 bridgehead atoms. The Balaban J connectivity index is 1.37. The summed E-state index contributed by atoms with van der Waals surface area (Å²) >= 11 is 0. The molecule has 41 heavy (non-hydrogen) atoms. The highest BCUT2D eigenvalue weighted by Crippen LogP contribution is 2.35. The molecule has 0 saturated carbocycles. The third-order valence-electron chi connectivity index (χ3n) is 7.35. The Hall–Kier alpha value is -4.92. The molecule has 0 radical (unpaired) electrons. The molecule has 9 nitrogen and oxygen atoms in total. The standard InChI is InChI=1S/C32H34N4O5/c1-22-27(31(37)34-15-17-35(18-16-34)32(38)33-24-11-8-12-26(19-24)39-2)21-28(23-9-6-5-7-10-23)36(22)25-13-14-29(40-3)30(20-25)41-4/h5-14,19-21H,15-18H2,1-4H3,(H,33,38). The Morgan fingerprint density at radius 1 is 0.732 bits per heavy atom. The van der Waals surface area contributed by atoms with Crippen molar-refractivity contribution in [2.45, 2.75) is 6.92 Å². The van der Waals surface area contributed by atoms with Crippen molar-refractivity contribution in [1.82, 2.24) is 14.4 Å². The van der Waals surface area contributed by atoms with Gasteiger partial charge >= 0.3 is 6.03 Å². The van der Waals surface area contributed by atoms with E-state index in [1.165, 1.54) is 0 Å². The van der Waals surface area contributed by atoms with Crippen LogP contribution in [0.25, 0.3) is 16.9 Å². The fourth-order valence-electron chi connectivity index (χ4n) is 5.13. The van der Waals surface area contributed by atoms with Crippen LogP contribution in [-0.2, 0) is 0 Å². The first kappa shape index (κ1) is 27.6. The van der Waals surface area contributed by atoms with Crippen molar-refractivity contribution in [3.63, 3.8) is 0 Å². The summed E-state index contributed by atoms with van der Waals surface area (Å²) in [6.45, 7) is 3.69. The highest BCUT2D eigenvalue weighted by molar-refractivity contribution is 5.98. The van der Waals surface area contributed by atoms with Crippen molar-refractivity contribution in [1.29, 1.82) is 0 Å². The fourth-order valence-corrected chi connectivity index (χ4v) is 5.13. The van der Waals surface area contributed by atoms with Crippen LogP contribution in [0.3, 0.4) is 0 Å². The van der Waals surface area contributed by atoms with E-state index >= 15 is 0 Å². The van der Waals surface area contributed by atoms with E-state index < -0.39 is 0 Å². The van der Waals surface area contributed by atoms with Gasteiger partial charge in [0, 0.05) is 55.4 Å². The number of urea groups is 1. The van der Waals surface area contributed by atoms with E-state index in [-0.39, 0.29) is 11.9 Å². The van der Waals surface area contributed by atoms with Crippen LogP contribution < -0.4 is 19.5 Å². The smallest absolute Gasteiger partial charge is 0.321 e. The van der Waals surface area contributed by atoms with Crippen LogP contribution >= 0.6 is 0 Å². The van der Waals surface area contributed by atoms with E-state index in [4.69, 9.17) is 14.2 Å². The van der Waals surface area contributed by atoms with Crippen molar-refractivity contribution in [2.75, 3.05) is 52.8 Å². The zero-order chi connectivity index (χ0) is 28.9.